The highest BCUT2D eigenvalue weighted by molar-refractivity contribution is 7.88. The Bertz CT molecular complexity index is 767. The second-order valence-corrected chi connectivity index (χ2v) is 10.0. The number of hydrogen-bond donors (Lipinski definition) is 3. The smallest absolute Gasteiger partial charge is 0.228 e. The van der Waals surface area contributed by atoms with Crippen LogP contribution in [0.3, 0.4) is 0 Å². The Labute approximate surface area is 174 Å². The van der Waals surface area contributed by atoms with Crippen LogP contribution in [0, 0.1) is 11.3 Å². The molecule has 1 aliphatic heterocycles. The summed E-state index contributed by atoms with van der Waals surface area (Å²) in [6.45, 7) is 5.81. The lowest BCUT2D eigenvalue weighted by Gasteiger charge is -2.37. The molecule has 1 saturated heterocycles. The normalized spacial score (nSPS) is 24.5. The second-order valence-electron chi connectivity index (χ2n) is 8.26. The molecule has 1 heterocycles. The van der Waals surface area contributed by atoms with Crippen LogP contribution in [0.5, 0.6) is 0 Å². The molecule has 0 aromatic heterocycles. The highest BCUT2D eigenvalue weighted by atomic mass is 35.5. The minimum absolute atomic E-state index is 0. The van der Waals surface area contributed by atoms with Gasteiger partial charge in [-0.15, -0.1) is 12.4 Å². The van der Waals surface area contributed by atoms with Crippen LogP contribution in [0.2, 0.25) is 0 Å². The van der Waals surface area contributed by atoms with Crippen LogP contribution >= 0.6 is 12.4 Å². The molecule has 1 aromatic rings. The molecule has 28 heavy (non-hydrogen) atoms. The molecule has 0 radical (unpaired) electrons. The van der Waals surface area contributed by atoms with Crippen molar-refractivity contribution < 1.29 is 13.2 Å². The van der Waals surface area contributed by atoms with E-state index in [0.717, 1.165) is 43.5 Å². The first-order valence-corrected chi connectivity index (χ1v) is 11.5. The van der Waals surface area contributed by atoms with Crippen molar-refractivity contribution in [2.75, 3.05) is 13.1 Å². The predicted molar refractivity (Wildman–Crippen MR) is 114 cm³/mol. The van der Waals surface area contributed by atoms with Crippen molar-refractivity contribution in [2.24, 2.45) is 11.3 Å². The molecule has 8 heteroatoms. The molecule has 3 rings (SSSR count). The zero-order chi connectivity index (χ0) is 19.5. The summed E-state index contributed by atoms with van der Waals surface area (Å²) < 4.78 is 26.6. The second kappa shape index (κ2) is 9.57. The first-order chi connectivity index (χ1) is 12.8. The van der Waals surface area contributed by atoms with E-state index in [1.165, 1.54) is 6.42 Å². The van der Waals surface area contributed by atoms with Gasteiger partial charge in [0.15, 0.2) is 0 Å². The monoisotopic (exact) mass is 429 g/mol. The van der Waals surface area contributed by atoms with Crippen molar-refractivity contribution in [3.05, 3.63) is 35.4 Å². The summed E-state index contributed by atoms with van der Waals surface area (Å²) in [6.07, 6.45) is 4.45. The number of carbonyl (C=O) groups excluding carboxylic acids is 1. The Morgan fingerprint density at radius 1 is 1.21 bits per heavy atom. The van der Waals surface area contributed by atoms with Gasteiger partial charge in [-0.1, -0.05) is 37.1 Å². The van der Waals surface area contributed by atoms with Crippen LogP contribution in [0.15, 0.2) is 24.3 Å². The summed E-state index contributed by atoms with van der Waals surface area (Å²) in [5, 5.41) is 6.52. The molecule has 0 unspecified atom stereocenters. The van der Waals surface area contributed by atoms with Crippen LogP contribution in [-0.4, -0.2) is 33.5 Å². The van der Waals surface area contributed by atoms with E-state index in [9.17, 15) is 13.2 Å². The molecule has 1 amide bonds. The minimum Gasteiger partial charge on any atom is -0.351 e. The number of carbonyl (C=O) groups is 1. The quantitative estimate of drug-likeness (QED) is 0.620. The van der Waals surface area contributed by atoms with Crippen molar-refractivity contribution in [3.8, 4) is 0 Å². The average Bonchev–Trinajstić information content (AvgIpc) is 3.04. The summed E-state index contributed by atoms with van der Waals surface area (Å²) >= 11 is 0. The SMILES string of the molecule is CC(C)NS(=O)(=O)Cc1ccc(CNC(=O)[C@@]23CCCC[C@H]2CNC3)cc1.Cl. The zero-order valence-electron chi connectivity index (χ0n) is 16.7. The Morgan fingerprint density at radius 3 is 2.57 bits per heavy atom. The molecular formula is C20H32ClN3O3S. The summed E-state index contributed by atoms with van der Waals surface area (Å²) in [6, 6.07) is 7.31. The summed E-state index contributed by atoms with van der Waals surface area (Å²) in [5.41, 5.74) is 1.48. The molecule has 6 nitrogen and oxygen atoms in total. The molecule has 3 N–H and O–H groups in total. The molecule has 2 aliphatic rings. The molecule has 1 saturated carbocycles. The standard InChI is InChI=1S/C20H31N3O3S.ClH/c1-15(2)23-27(25,26)13-17-8-6-16(7-9-17)11-22-19(24)20-10-4-3-5-18(20)12-21-14-20;/h6-9,15,18,21,23H,3-5,10-14H2,1-2H3,(H,22,24);1H/t18-,20+;/m0./s1. The van der Waals surface area contributed by atoms with Gasteiger partial charge in [0.25, 0.3) is 0 Å². The first kappa shape index (κ1) is 23.1. The van der Waals surface area contributed by atoms with E-state index in [-0.39, 0.29) is 35.5 Å². The molecule has 2 fully saturated rings. The average molecular weight is 430 g/mol. The van der Waals surface area contributed by atoms with Crippen LogP contribution < -0.4 is 15.4 Å². The maximum atomic E-state index is 12.9. The molecule has 0 spiro atoms. The fourth-order valence-electron chi connectivity index (χ4n) is 4.42. The van der Waals surface area contributed by atoms with Crippen molar-refractivity contribution in [1.82, 2.24) is 15.4 Å². The van der Waals surface area contributed by atoms with E-state index in [2.05, 4.69) is 15.4 Å². The Kier molecular flexibility index (Phi) is 7.90. The molecule has 0 bridgehead atoms. The van der Waals surface area contributed by atoms with Crippen molar-refractivity contribution in [3.63, 3.8) is 0 Å². The number of sulfonamides is 1. The maximum Gasteiger partial charge on any atom is 0.228 e. The predicted octanol–water partition coefficient (Wildman–Crippen LogP) is 2.33. The van der Waals surface area contributed by atoms with Gasteiger partial charge in [0, 0.05) is 19.1 Å². The van der Waals surface area contributed by atoms with Crippen molar-refractivity contribution >= 4 is 28.3 Å². The third-order valence-electron chi connectivity index (χ3n) is 5.74. The Hall–Kier alpha value is -1.15. The van der Waals surface area contributed by atoms with E-state index < -0.39 is 10.0 Å². The molecular weight excluding hydrogens is 398 g/mol. The van der Waals surface area contributed by atoms with E-state index in [0.29, 0.717) is 12.5 Å². The molecule has 158 valence electrons. The van der Waals surface area contributed by atoms with Gasteiger partial charge in [-0.25, -0.2) is 13.1 Å². The van der Waals surface area contributed by atoms with Crippen molar-refractivity contribution in [2.45, 2.75) is 57.9 Å². The molecule has 2 atom stereocenters. The summed E-state index contributed by atoms with van der Waals surface area (Å²) in [7, 11) is -3.32. The van der Waals surface area contributed by atoms with Crippen LogP contribution in [-0.2, 0) is 27.1 Å². The maximum absolute atomic E-state index is 12.9. The van der Waals surface area contributed by atoms with Crippen LogP contribution in [0.25, 0.3) is 0 Å². The fraction of sp³-hybridized carbons (Fsp3) is 0.650. The molecule has 1 aliphatic carbocycles. The summed E-state index contributed by atoms with van der Waals surface area (Å²) in [5.74, 6) is 0.575. The van der Waals surface area contributed by atoms with E-state index in [1.807, 2.05) is 24.3 Å². The lowest BCUT2D eigenvalue weighted by molar-refractivity contribution is -0.134. The lowest BCUT2D eigenvalue weighted by atomic mass is 9.67. The van der Waals surface area contributed by atoms with Gasteiger partial charge < -0.3 is 10.6 Å². The molecule has 1 aromatic carbocycles. The van der Waals surface area contributed by atoms with Gasteiger partial charge >= 0.3 is 0 Å². The van der Waals surface area contributed by atoms with Gasteiger partial charge in [0.2, 0.25) is 15.9 Å². The minimum atomic E-state index is -3.32. The largest absolute Gasteiger partial charge is 0.351 e. The van der Waals surface area contributed by atoms with Crippen molar-refractivity contribution in [1.29, 1.82) is 0 Å². The number of benzene rings is 1. The van der Waals surface area contributed by atoms with Crippen LogP contribution in [0.4, 0.5) is 0 Å². The highest BCUT2D eigenvalue weighted by Gasteiger charge is 2.49. The number of amides is 1. The van der Waals surface area contributed by atoms with Gasteiger partial charge in [0.05, 0.1) is 11.2 Å². The van der Waals surface area contributed by atoms with Crippen LogP contribution in [0.1, 0.15) is 50.7 Å². The topological polar surface area (TPSA) is 87.3 Å². The van der Waals surface area contributed by atoms with Gasteiger partial charge in [-0.3, -0.25) is 4.79 Å². The number of fused-ring (bicyclic) bond motifs is 1. The number of hydrogen-bond acceptors (Lipinski definition) is 4. The zero-order valence-corrected chi connectivity index (χ0v) is 18.3. The number of rotatable bonds is 7. The highest BCUT2D eigenvalue weighted by Crippen LogP contribution is 2.43. The lowest BCUT2D eigenvalue weighted by Crippen LogP contribution is -2.47. The van der Waals surface area contributed by atoms with E-state index in [1.54, 1.807) is 13.8 Å². The number of nitrogens with one attached hydrogen (secondary N) is 3. The Balaban J connectivity index is 0.00000280. The van der Waals surface area contributed by atoms with Gasteiger partial charge in [0.1, 0.15) is 0 Å². The van der Waals surface area contributed by atoms with E-state index in [4.69, 9.17) is 0 Å². The number of halogens is 1. The third kappa shape index (κ3) is 5.47. The van der Waals surface area contributed by atoms with Gasteiger partial charge in [-0.05, 0) is 50.3 Å². The first-order valence-electron chi connectivity index (χ1n) is 9.88. The Morgan fingerprint density at radius 2 is 1.89 bits per heavy atom. The van der Waals surface area contributed by atoms with E-state index >= 15 is 0 Å². The van der Waals surface area contributed by atoms with Gasteiger partial charge in [-0.2, -0.15) is 0 Å². The summed E-state index contributed by atoms with van der Waals surface area (Å²) in [4.78, 5) is 12.9. The fourth-order valence-corrected chi connectivity index (χ4v) is 5.86. The third-order valence-corrected chi connectivity index (χ3v) is 7.28.